The number of para-hydroxylation sites is 1. The normalized spacial score (nSPS) is 10.7. The van der Waals surface area contributed by atoms with Crippen LogP contribution in [0.25, 0.3) is 0 Å². The Labute approximate surface area is 125 Å². The zero-order valence-corrected chi connectivity index (χ0v) is 13.1. The van der Waals surface area contributed by atoms with Gasteiger partial charge in [0.1, 0.15) is 5.75 Å². The van der Waals surface area contributed by atoms with Crippen LogP contribution in [0, 0.1) is 13.8 Å². The van der Waals surface area contributed by atoms with Gasteiger partial charge in [0.05, 0.1) is 13.7 Å². The van der Waals surface area contributed by atoms with E-state index < -0.39 is 0 Å². The third kappa shape index (κ3) is 3.34. The van der Waals surface area contributed by atoms with E-state index >= 15 is 0 Å². The Morgan fingerprint density at radius 2 is 2.00 bits per heavy atom. The maximum Gasteiger partial charge on any atom is 0.178 e. The number of hydrogen-bond donors (Lipinski definition) is 1. The van der Waals surface area contributed by atoms with E-state index in [2.05, 4.69) is 5.32 Å². The lowest BCUT2D eigenvalue weighted by Crippen LogP contribution is -2.23. The molecule has 0 bridgehead atoms. The molecular weight excluding hydrogens is 264 g/mol. The molecule has 1 aromatic carbocycles. The molecule has 4 nitrogen and oxygen atoms in total. The predicted molar refractivity (Wildman–Crippen MR) is 83.9 cm³/mol. The van der Waals surface area contributed by atoms with Crippen molar-refractivity contribution in [3.05, 3.63) is 52.8 Å². The van der Waals surface area contributed by atoms with Crippen molar-refractivity contribution in [3.8, 4) is 5.75 Å². The number of methoxy groups -OCH3 is 1. The van der Waals surface area contributed by atoms with Crippen molar-refractivity contribution in [1.82, 2.24) is 9.88 Å². The molecule has 112 valence electrons. The van der Waals surface area contributed by atoms with Crippen molar-refractivity contribution < 1.29 is 9.53 Å². The molecule has 0 saturated heterocycles. The Balaban J connectivity index is 1.97. The van der Waals surface area contributed by atoms with Crippen molar-refractivity contribution in [3.63, 3.8) is 0 Å². The monoisotopic (exact) mass is 286 g/mol. The number of nitrogens with one attached hydrogen (secondary N) is 1. The number of carbonyl (C=O) groups is 1. The molecule has 0 aliphatic carbocycles. The molecule has 1 N–H and O–H groups in total. The van der Waals surface area contributed by atoms with Gasteiger partial charge in [-0.15, -0.1) is 0 Å². The maximum atomic E-state index is 12.3. The van der Waals surface area contributed by atoms with Crippen molar-refractivity contribution in [2.24, 2.45) is 7.05 Å². The Morgan fingerprint density at radius 3 is 2.62 bits per heavy atom. The van der Waals surface area contributed by atoms with E-state index in [4.69, 9.17) is 4.74 Å². The summed E-state index contributed by atoms with van der Waals surface area (Å²) in [7, 11) is 3.63. The van der Waals surface area contributed by atoms with Crippen LogP contribution in [0.1, 0.15) is 27.3 Å². The van der Waals surface area contributed by atoms with Gasteiger partial charge in [-0.1, -0.05) is 18.2 Å². The highest BCUT2D eigenvalue weighted by molar-refractivity contribution is 5.99. The fourth-order valence-electron chi connectivity index (χ4n) is 2.39. The largest absolute Gasteiger partial charge is 0.496 e. The summed E-state index contributed by atoms with van der Waals surface area (Å²) in [4.78, 5) is 12.3. The first-order valence-corrected chi connectivity index (χ1v) is 7.03. The Kier molecular flexibility index (Phi) is 4.81. The molecule has 4 heteroatoms. The number of benzene rings is 1. The van der Waals surface area contributed by atoms with E-state index in [1.165, 1.54) is 0 Å². The number of carbonyl (C=O) groups excluding carboxylic acids is 1. The minimum absolute atomic E-state index is 0.117. The zero-order chi connectivity index (χ0) is 15.4. The minimum atomic E-state index is 0.117. The van der Waals surface area contributed by atoms with Gasteiger partial charge in [-0.2, -0.15) is 0 Å². The van der Waals surface area contributed by atoms with Gasteiger partial charge in [0.15, 0.2) is 5.78 Å². The van der Waals surface area contributed by atoms with Gasteiger partial charge in [-0.3, -0.25) is 4.79 Å². The van der Waals surface area contributed by atoms with E-state index in [1.54, 1.807) is 7.11 Å². The number of aromatic nitrogens is 1. The van der Waals surface area contributed by atoms with Gasteiger partial charge in [0.25, 0.3) is 0 Å². The van der Waals surface area contributed by atoms with Crippen LogP contribution in [0.5, 0.6) is 5.75 Å². The highest BCUT2D eigenvalue weighted by Gasteiger charge is 2.13. The molecule has 0 aliphatic rings. The number of nitrogens with zero attached hydrogens (tertiary/aromatic N) is 1. The van der Waals surface area contributed by atoms with Gasteiger partial charge >= 0.3 is 0 Å². The minimum Gasteiger partial charge on any atom is -0.496 e. The molecule has 1 heterocycles. The molecule has 2 rings (SSSR count). The average molecular weight is 286 g/mol. The van der Waals surface area contributed by atoms with Crippen molar-refractivity contribution >= 4 is 5.78 Å². The van der Waals surface area contributed by atoms with Crippen molar-refractivity contribution in [2.75, 3.05) is 13.7 Å². The second-order valence-electron chi connectivity index (χ2n) is 5.18. The van der Waals surface area contributed by atoms with Crippen molar-refractivity contribution in [1.29, 1.82) is 0 Å². The summed E-state index contributed by atoms with van der Waals surface area (Å²) < 4.78 is 7.33. The first kappa shape index (κ1) is 15.3. The second kappa shape index (κ2) is 6.59. The molecule has 0 amide bonds. The van der Waals surface area contributed by atoms with E-state index in [-0.39, 0.29) is 5.78 Å². The van der Waals surface area contributed by atoms with Gasteiger partial charge < -0.3 is 14.6 Å². The Bertz CT molecular complexity index is 644. The van der Waals surface area contributed by atoms with Gasteiger partial charge in [0, 0.05) is 36.1 Å². The standard InChI is InChI=1S/C17H22N2O2/c1-12-9-15(13(2)19(12)3)16(20)11-18-10-14-7-5-6-8-17(14)21-4/h5-9,18H,10-11H2,1-4H3. The van der Waals surface area contributed by atoms with Crippen LogP contribution in [0.2, 0.25) is 0 Å². The molecule has 0 atom stereocenters. The van der Waals surface area contributed by atoms with Crippen LogP contribution in [-0.4, -0.2) is 24.0 Å². The second-order valence-corrected chi connectivity index (χ2v) is 5.18. The third-order valence-corrected chi connectivity index (χ3v) is 3.87. The number of ketones is 1. The van der Waals surface area contributed by atoms with Gasteiger partial charge in [0.2, 0.25) is 0 Å². The summed E-state index contributed by atoms with van der Waals surface area (Å²) in [5, 5.41) is 3.19. The Morgan fingerprint density at radius 1 is 1.29 bits per heavy atom. The number of aryl methyl sites for hydroxylation is 1. The smallest absolute Gasteiger partial charge is 0.178 e. The molecule has 0 spiro atoms. The van der Waals surface area contributed by atoms with E-state index in [1.807, 2.05) is 55.8 Å². The quantitative estimate of drug-likeness (QED) is 0.830. The summed E-state index contributed by atoms with van der Waals surface area (Å²) in [6.07, 6.45) is 0. The highest BCUT2D eigenvalue weighted by atomic mass is 16.5. The zero-order valence-electron chi connectivity index (χ0n) is 13.1. The average Bonchev–Trinajstić information content (AvgIpc) is 2.75. The summed E-state index contributed by atoms with van der Waals surface area (Å²) in [5.74, 6) is 0.954. The SMILES string of the molecule is COc1ccccc1CNCC(=O)c1cc(C)n(C)c1C. The van der Waals surface area contributed by atoms with Crippen LogP contribution in [0.15, 0.2) is 30.3 Å². The summed E-state index contributed by atoms with van der Waals surface area (Å²) >= 11 is 0. The summed E-state index contributed by atoms with van der Waals surface area (Å²) in [5.41, 5.74) is 3.95. The first-order valence-electron chi connectivity index (χ1n) is 7.03. The summed E-state index contributed by atoms with van der Waals surface area (Å²) in [6, 6.07) is 9.76. The molecular formula is C17H22N2O2. The first-order chi connectivity index (χ1) is 10.0. The van der Waals surface area contributed by atoms with Gasteiger partial charge in [-0.05, 0) is 26.0 Å². The number of Topliss-reactive ketones (excluding diaryl/α,β-unsaturated/α-hetero) is 1. The molecule has 0 fully saturated rings. The number of ether oxygens (including phenoxy) is 1. The lowest BCUT2D eigenvalue weighted by Gasteiger charge is -2.09. The van der Waals surface area contributed by atoms with Gasteiger partial charge in [-0.25, -0.2) is 0 Å². The van der Waals surface area contributed by atoms with E-state index in [0.29, 0.717) is 13.1 Å². The summed E-state index contributed by atoms with van der Waals surface area (Å²) in [6.45, 7) is 4.91. The van der Waals surface area contributed by atoms with Crippen LogP contribution in [0.4, 0.5) is 0 Å². The fourth-order valence-corrected chi connectivity index (χ4v) is 2.39. The maximum absolute atomic E-state index is 12.3. The molecule has 21 heavy (non-hydrogen) atoms. The van der Waals surface area contributed by atoms with Crippen LogP contribution in [0.3, 0.4) is 0 Å². The molecule has 1 aromatic heterocycles. The highest BCUT2D eigenvalue weighted by Crippen LogP contribution is 2.17. The molecule has 0 saturated carbocycles. The molecule has 0 aliphatic heterocycles. The topological polar surface area (TPSA) is 43.3 Å². The van der Waals surface area contributed by atoms with Crippen molar-refractivity contribution in [2.45, 2.75) is 20.4 Å². The number of hydrogen-bond acceptors (Lipinski definition) is 3. The Hall–Kier alpha value is -2.07. The lowest BCUT2D eigenvalue weighted by molar-refractivity contribution is 0.0990. The molecule has 0 unspecified atom stereocenters. The lowest BCUT2D eigenvalue weighted by atomic mass is 10.1. The molecule has 2 aromatic rings. The van der Waals surface area contributed by atoms with Crippen LogP contribution in [-0.2, 0) is 13.6 Å². The van der Waals surface area contributed by atoms with E-state index in [9.17, 15) is 4.79 Å². The van der Waals surface area contributed by atoms with Crippen LogP contribution >= 0.6 is 0 Å². The third-order valence-electron chi connectivity index (χ3n) is 3.87. The van der Waals surface area contributed by atoms with E-state index in [0.717, 1.165) is 28.3 Å². The molecule has 0 radical (unpaired) electrons. The van der Waals surface area contributed by atoms with Crippen LogP contribution < -0.4 is 10.1 Å². The predicted octanol–water partition coefficient (Wildman–Crippen LogP) is 2.62. The fraction of sp³-hybridized carbons (Fsp3) is 0.353. The number of rotatable bonds is 6.